The minimum absolute atomic E-state index is 0.118. The average molecular weight is 382 g/mol. The lowest BCUT2D eigenvalue weighted by molar-refractivity contribution is -0.123. The first kappa shape index (κ1) is 19.6. The number of hydrogen-bond acceptors (Lipinski definition) is 3. The number of halogens is 1. The quantitative estimate of drug-likeness (QED) is 0.617. The number of rotatable bonds is 5. The van der Waals surface area contributed by atoms with Gasteiger partial charge < -0.3 is 10.1 Å². The Bertz CT molecular complexity index is 966. The molecule has 0 radical (unpaired) electrons. The van der Waals surface area contributed by atoms with Gasteiger partial charge in [-0.3, -0.25) is 9.69 Å². The standard InChI is InChI=1S/C22H23FN2O3/c1-13(2)17-10-16(14(3)9-20(17)28-4)11-19-21(26)25(22(27)24-19)12-15-7-5-6-8-18(15)23/h5-11,13H,12H2,1-4H3,(H,24,27)/b19-11-. The normalized spacial score (nSPS) is 15.5. The number of aryl methyl sites for hydroxylation is 1. The molecule has 0 unspecified atom stereocenters. The molecule has 0 aliphatic carbocycles. The summed E-state index contributed by atoms with van der Waals surface area (Å²) in [5.74, 6) is 0.0967. The van der Waals surface area contributed by atoms with Crippen LogP contribution >= 0.6 is 0 Å². The number of nitrogens with one attached hydrogen (secondary N) is 1. The Morgan fingerprint density at radius 1 is 1.21 bits per heavy atom. The summed E-state index contributed by atoms with van der Waals surface area (Å²) in [6.07, 6.45) is 1.65. The first-order valence-electron chi connectivity index (χ1n) is 9.08. The molecule has 0 saturated carbocycles. The highest BCUT2D eigenvalue weighted by atomic mass is 19.1. The molecular formula is C22H23FN2O3. The van der Waals surface area contributed by atoms with E-state index in [-0.39, 0.29) is 23.7 Å². The fraction of sp³-hybridized carbons (Fsp3) is 0.273. The van der Waals surface area contributed by atoms with Crippen LogP contribution in [-0.2, 0) is 11.3 Å². The smallest absolute Gasteiger partial charge is 0.329 e. The molecule has 2 aromatic carbocycles. The maximum absolute atomic E-state index is 13.9. The minimum Gasteiger partial charge on any atom is -0.496 e. The first-order valence-corrected chi connectivity index (χ1v) is 9.08. The van der Waals surface area contributed by atoms with Crippen molar-refractivity contribution in [3.05, 3.63) is 70.2 Å². The van der Waals surface area contributed by atoms with Crippen LogP contribution in [0.15, 0.2) is 42.1 Å². The average Bonchev–Trinajstić information content (AvgIpc) is 2.92. The van der Waals surface area contributed by atoms with Crippen LogP contribution in [-0.4, -0.2) is 23.9 Å². The highest BCUT2D eigenvalue weighted by Gasteiger charge is 2.34. The second-order valence-corrected chi connectivity index (χ2v) is 7.08. The van der Waals surface area contributed by atoms with Gasteiger partial charge in [0, 0.05) is 5.56 Å². The summed E-state index contributed by atoms with van der Waals surface area (Å²) in [5, 5.41) is 2.59. The molecule has 1 aliphatic rings. The van der Waals surface area contributed by atoms with Gasteiger partial charge in [0.15, 0.2) is 0 Å². The summed E-state index contributed by atoms with van der Waals surface area (Å²) in [6.45, 7) is 5.91. The van der Waals surface area contributed by atoms with Crippen LogP contribution in [0.4, 0.5) is 9.18 Å². The molecule has 5 nitrogen and oxygen atoms in total. The number of benzene rings is 2. The van der Waals surface area contributed by atoms with Crippen molar-refractivity contribution in [3.63, 3.8) is 0 Å². The third kappa shape index (κ3) is 3.76. The van der Waals surface area contributed by atoms with E-state index in [0.717, 1.165) is 27.3 Å². The monoisotopic (exact) mass is 382 g/mol. The van der Waals surface area contributed by atoms with Gasteiger partial charge in [0.1, 0.15) is 17.3 Å². The highest BCUT2D eigenvalue weighted by Crippen LogP contribution is 2.31. The lowest BCUT2D eigenvalue weighted by atomic mass is 9.96. The number of methoxy groups -OCH3 is 1. The van der Waals surface area contributed by atoms with Crippen molar-refractivity contribution in [3.8, 4) is 5.75 Å². The Morgan fingerprint density at radius 3 is 2.57 bits per heavy atom. The van der Waals surface area contributed by atoms with E-state index in [9.17, 15) is 14.0 Å². The minimum atomic E-state index is -0.560. The summed E-state index contributed by atoms with van der Waals surface area (Å²) >= 11 is 0. The number of imide groups is 1. The van der Waals surface area contributed by atoms with Crippen molar-refractivity contribution in [2.75, 3.05) is 7.11 Å². The van der Waals surface area contributed by atoms with E-state index in [0.29, 0.717) is 0 Å². The number of hydrogen-bond donors (Lipinski definition) is 1. The number of nitrogens with zero attached hydrogens (tertiary/aromatic N) is 1. The van der Waals surface area contributed by atoms with Crippen molar-refractivity contribution >= 4 is 18.0 Å². The molecule has 146 valence electrons. The lowest BCUT2D eigenvalue weighted by Gasteiger charge is -2.15. The van der Waals surface area contributed by atoms with Crippen molar-refractivity contribution < 1.29 is 18.7 Å². The maximum atomic E-state index is 13.9. The molecule has 0 aromatic heterocycles. The van der Waals surface area contributed by atoms with E-state index in [1.54, 1.807) is 31.4 Å². The molecule has 2 aromatic rings. The molecule has 0 atom stereocenters. The van der Waals surface area contributed by atoms with Gasteiger partial charge in [-0.2, -0.15) is 0 Å². The fourth-order valence-corrected chi connectivity index (χ4v) is 3.17. The van der Waals surface area contributed by atoms with Gasteiger partial charge in [0.25, 0.3) is 5.91 Å². The molecule has 3 rings (SSSR count). The molecule has 28 heavy (non-hydrogen) atoms. The van der Waals surface area contributed by atoms with Gasteiger partial charge in [-0.15, -0.1) is 0 Å². The van der Waals surface area contributed by atoms with Gasteiger partial charge in [0.05, 0.1) is 13.7 Å². The number of carbonyl (C=O) groups excluding carboxylic acids is 2. The summed E-state index contributed by atoms with van der Waals surface area (Å²) in [4.78, 5) is 26.0. The van der Waals surface area contributed by atoms with Gasteiger partial charge in [-0.1, -0.05) is 32.0 Å². The van der Waals surface area contributed by atoms with Crippen LogP contribution in [0.3, 0.4) is 0 Å². The van der Waals surface area contributed by atoms with E-state index in [4.69, 9.17) is 4.74 Å². The van der Waals surface area contributed by atoms with Crippen LogP contribution in [0.1, 0.15) is 42.0 Å². The predicted molar refractivity (Wildman–Crippen MR) is 105 cm³/mol. The summed E-state index contributed by atoms with van der Waals surface area (Å²) in [7, 11) is 1.63. The SMILES string of the molecule is COc1cc(C)c(/C=C2\NC(=O)N(Cc3ccccc3F)C2=O)cc1C(C)C. The van der Waals surface area contributed by atoms with Crippen molar-refractivity contribution in [1.29, 1.82) is 0 Å². The largest absolute Gasteiger partial charge is 0.496 e. The lowest BCUT2D eigenvalue weighted by Crippen LogP contribution is -2.30. The van der Waals surface area contributed by atoms with Gasteiger partial charge in [-0.25, -0.2) is 9.18 Å². The summed E-state index contributed by atoms with van der Waals surface area (Å²) < 4.78 is 19.3. The van der Waals surface area contributed by atoms with Crippen LogP contribution < -0.4 is 10.1 Å². The molecule has 6 heteroatoms. The van der Waals surface area contributed by atoms with Gasteiger partial charge >= 0.3 is 6.03 Å². The molecule has 3 amide bonds. The van der Waals surface area contributed by atoms with Crippen LogP contribution in [0, 0.1) is 12.7 Å². The van der Waals surface area contributed by atoms with E-state index < -0.39 is 17.8 Å². The zero-order chi connectivity index (χ0) is 20.4. The number of amides is 3. The molecule has 1 N–H and O–H groups in total. The number of ether oxygens (including phenoxy) is 1. The predicted octanol–water partition coefficient (Wildman–Crippen LogP) is 4.36. The number of carbonyl (C=O) groups is 2. The Kier molecular flexibility index (Phi) is 5.49. The second-order valence-electron chi connectivity index (χ2n) is 7.08. The fourth-order valence-electron chi connectivity index (χ4n) is 3.17. The summed E-state index contributed by atoms with van der Waals surface area (Å²) in [5.41, 5.74) is 3.21. The van der Waals surface area contributed by atoms with E-state index in [1.165, 1.54) is 6.07 Å². The molecule has 1 saturated heterocycles. The first-order chi connectivity index (χ1) is 13.3. The Balaban J connectivity index is 1.92. The molecule has 0 spiro atoms. The molecule has 1 heterocycles. The highest BCUT2D eigenvalue weighted by molar-refractivity contribution is 6.14. The molecule has 1 fully saturated rings. The molecular weight excluding hydrogens is 359 g/mol. The van der Waals surface area contributed by atoms with Crippen LogP contribution in [0.5, 0.6) is 5.75 Å². The van der Waals surface area contributed by atoms with Crippen LogP contribution in [0.2, 0.25) is 0 Å². The summed E-state index contributed by atoms with van der Waals surface area (Å²) in [6, 6.07) is 9.41. The van der Waals surface area contributed by atoms with Crippen LogP contribution in [0.25, 0.3) is 6.08 Å². The third-order valence-electron chi connectivity index (χ3n) is 4.79. The zero-order valence-corrected chi connectivity index (χ0v) is 16.4. The van der Waals surface area contributed by atoms with Crippen molar-refractivity contribution in [1.82, 2.24) is 10.2 Å². The second kappa shape index (κ2) is 7.84. The van der Waals surface area contributed by atoms with Crippen molar-refractivity contribution in [2.45, 2.75) is 33.2 Å². The van der Waals surface area contributed by atoms with E-state index >= 15 is 0 Å². The Hall–Kier alpha value is -3.15. The molecule has 1 aliphatic heterocycles. The third-order valence-corrected chi connectivity index (χ3v) is 4.79. The Morgan fingerprint density at radius 2 is 1.93 bits per heavy atom. The van der Waals surface area contributed by atoms with Gasteiger partial charge in [0.2, 0.25) is 0 Å². The van der Waals surface area contributed by atoms with Gasteiger partial charge in [-0.05, 0) is 53.8 Å². The maximum Gasteiger partial charge on any atom is 0.329 e. The Labute approximate surface area is 163 Å². The zero-order valence-electron chi connectivity index (χ0n) is 16.4. The topological polar surface area (TPSA) is 58.6 Å². The van der Waals surface area contributed by atoms with E-state index in [1.807, 2.05) is 19.1 Å². The van der Waals surface area contributed by atoms with E-state index in [2.05, 4.69) is 19.2 Å². The number of urea groups is 1. The molecule has 0 bridgehead atoms. The van der Waals surface area contributed by atoms with Crippen molar-refractivity contribution in [2.24, 2.45) is 0 Å².